The fraction of sp³-hybridized carbons (Fsp3) is 0.480. The van der Waals surface area contributed by atoms with E-state index in [1.165, 1.54) is 18.1 Å². The molecule has 2 N–H and O–H groups in total. The Hall–Kier alpha value is -2.96. The predicted octanol–water partition coefficient (Wildman–Crippen LogP) is 2.77. The van der Waals surface area contributed by atoms with Crippen LogP contribution in [0.4, 0.5) is 0 Å². The van der Waals surface area contributed by atoms with Gasteiger partial charge < -0.3 is 20.1 Å². The van der Waals surface area contributed by atoms with E-state index in [-0.39, 0.29) is 35.2 Å². The van der Waals surface area contributed by atoms with Crippen LogP contribution in [0.3, 0.4) is 0 Å². The Morgan fingerprint density at radius 3 is 2.41 bits per heavy atom. The number of carboxylic acids is 1. The van der Waals surface area contributed by atoms with E-state index in [0.717, 1.165) is 47.7 Å². The quantitative estimate of drug-likeness (QED) is 0.491. The number of nitrogens with zero attached hydrogens (tertiary/aromatic N) is 2. The smallest absolute Gasteiger partial charge is 0.305 e. The summed E-state index contributed by atoms with van der Waals surface area (Å²) < 4.78 is 33.2. The number of nitrogens with one attached hydrogen (secondary N) is 1. The number of carbonyl (C=O) groups excluding carboxylic acids is 2. The molecule has 2 fully saturated rings. The van der Waals surface area contributed by atoms with Crippen molar-refractivity contribution in [1.29, 1.82) is 0 Å². The molecule has 2 heterocycles. The monoisotopic (exact) mass is 549 g/mol. The number of hydrogen-bond acceptors (Lipinski definition) is 7. The van der Waals surface area contributed by atoms with E-state index < -0.39 is 40.0 Å². The van der Waals surface area contributed by atoms with E-state index in [1.54, 1.807) is 35.7 Å². The summed E-state index contributed by atoms with van der Waals surface area (Å²) >= 11 is 1.03. The Bertz CT molecular complexity index is 1210. The Kier molecular flexibility index (Phi) is 8.50. The summed E-state index contributed by atoms with van der Waals surface area (Å²) in [6.07, 6.45) is 2.81. The fourth-order valence-corrected chi connectivity index (χ4v) is 7.75. The molecule has 12 heteroatoms. The van der Waals surface area contributed by atoms with Crippen molar-refractivity contribution in [3.8, 4) is 5.75 Å². The van der Waals surface area contributed by atoms with Crippen LogP contribution in [0.2, 0.25) is 0 Å². The Balaban J connectivity index is 1.66. The van der Waals surface area contributed by atoms with Crippen molar-refractivity contribution in [1.82, 2.24) is 14.5 Å². The largest absolute Gasteiger partial charge is 0.497 e. The highest BCUT2D eigenvalue weighted by atomic mass is 32.2. The zero-order chi connectivity index (χ0) is 26.6. The number of ether oxygens (including phenoxy) is 1. The molecule has 1 saturated heterocycles. The molecule has 0 bridgehead atoms. The molecular weight excluding hydrogens is 518 g/mol. The van der Waals surface area contributed by atoms with Crippen LogP contribution < -0.4 is 10.1 Å². The number of amides is 2. The maximum atomic E-state index is 13.7. The molecule has 2 unspecified atom stereocenters. The van der Waals surface area contributed by atoms with Crippen molar-refractivity contribution < 1.29 is 32.6 Å². The summed E-state index contributed by atoms with van der Waals surface area (Å²) in [5.74, 6) is -1.71. The summed E-state index contributed by atoms with van der Waals surface area (Å²) in [7, 11) is -2.57. The average Bonchev–Trinajstić information content (AvgIpc) is 3.60. The highest BCUT2D eigenvalue weighted by molar-refractivity contribution is 7.91. The number of rotatable bonds is 9. The van der Waals surface area contributed by atoms with Crippen molar-refractivity contribution in [2.45, 2.75) is 54.9 Å². The first-order valence-electron chi connectivity index (χ1n) is 12.2. The van der Waals surface area contributed by atoms with Gasteiger partial charge in [0.25, 0.3) is 21.8 Å². The lowest BCUT2D eigenvalue weighted by Crippen LogP contribution is -2.56. The first-order valence-corrected chi connectivity index (χ1v) is 14.6. The summed E-state index contributed by atoms with van der Waals surface area (Å²) in [6, 6.07) is 8.75. The van der Waals surface area contributed by atoms with Gasteiger partial charge in [0, 0.05) is 24.7 Å². The standard InChI is InChI=1S/C25H31N3O7S2/c1-35-19-11-9-18(10-12-19)25(32)27-13-14-28(37(33,34)22-8-5-15-36-22)24(27)23(31)26-20(16-21(29)30)17-6-3-2-4-7-17/h5,8-12,15,17,20,24H,2-4,6-7,13-14,16H2,1H3,(H,26,31)(H,29,30). The van der Waals surface area contributed by atoms with Gasteiger partial charge in [-0.15, -0.1) is 11.3 Å². The molecule has 1 saturated carbocycles. The van der Waals surface area contributed by atoms with E-state index in [2.05, 4.69) is 5.32 Å². The van der Waals surface area contributed by atoms with Gasteiger partial charge in [-0.2, -0.15) is 4.31 Å². The highest BCUT2D eigenvalue weighted by Gasteiger charge is 2.47. The number of aliphatic carboxylic acids is 1. The first kappa shape index (κ1) is 27.1. The molecule has 1 aliphatic heterocycles. The highest BCUT2D eigenvalue weighted by Crippen LogP contribution is 2.31. The van der Waals surface area contributed by atoms with E-state index in [1.807, 2.05) is 0 Å². The van der Waals surface area contributed by atoms with Crippen LogP contribution in [-0.2, 0) is 19.6 Å². The lowest BCUT2D eigenvalue weighted by Gasteiger charge is -2.33. The normalized spacial score (nSPS) is 19.9. The second kappa shape index (κ2) is 11.6. The van der Waals surface area contributed by atoms with Crippen molar-refractivity contribution in [2.75, 3.05) is 20.2 Å². The molecule has 1 aromatic carbocycles. The minimum atomic E-state index is -4.07. The Labute approximate surface area is 220 Å². The SMILES string of the molecule is COc1ccc(C(=O)N2CCN(S(=O)(=O)c3cccs3)C2C(=O)NC(CC(=O)O)C2CCCCC2)cc1. The molecule has 2 atom stereocenters. The molecule has 1 aromatic heterocycles. The topological polar surface area (TPSA) is 133 Å². The van der Waals surface area contributed by atoms with Crippen molar-refractivity contribution >= 4 is 39.1 Å². The van der Waals surface area contributed by atoms with Gasteiger partial charge in [-0.1, -0.05) is 25.3 Å². The van der Waals surface area contributed by atoms with Crippen LogP contribution in [0.25, 0.3) is 0 Å². The predicted molar refractivity (Wildman–Crippen MR) is 137 cm³/mol. The van der Waals surface area contributed by atoms with Gasteiger partial charge in [-0.25, -0.2) is 8.42 Å². The van der Waals surface area contributed by atoms with E-state index in [9.17, 15) is 27.9 Å². The number of carbonyl (C=O) groups is 3. The van der Waals surface area contributed by atoms with Crippen molar-refractivity contribution in [3.05, 3.63) is 47.3 Å². The van der Waals surface area contributed by atoms with Crippen LogP contribution >= 0.6 is 11.3 Å². The molecule has 4 rings (SSSR count). The van der Waals surface area contributed by atoms with Crippen molar-refractivity contribution in [3.63, 3.8) is 0 Å². The number of thiophene rings is 1. The van der Waals surface area contributed by atoms with Gasteiger partial charge in [0.2, 0.25) is 0 Å². The summed E-state index contributed by atoms with van der Waals surface area (Å²) in [5, 5.41) is 14.0. The molecule has 37 heavy (non-hydrogen) atoms. The van der Waals surface area contributed by atoms with E-state index in [0.29, 0.717) is 5.75 Å². The number of carboxylic acid groups (broad SMARTS) is 1. The van der Waals surface area contributed by atoms with Crippen LogP contribution in [0.15, 0.2) is 46.0 Å². The van der Waals surface area contributed by atoms with E-state index >= 15 is 0 Å². The van der Waals surface area contributed by atoms with Crippen LogP contribution in [0, 0.1) is 5.92 Å². The Morgan fingerprint density at radius 1 is 1.11 bits per heavy atom. The average molecular weight is 550 g/mol. The first-order chi connectivity index (χ1) is 17.7. The molecule has 2 amide bonds. The van der Waals surface area contributed by atoms with Gasteiger partial charge in [0.05, 0.1) is 13.5 Å². The molecule has 2 aromatic rings. The Morgan fingerprint density at radius 2 is 1.81 bits per heavy atom. The van der Waals surface area contributed by atoms with Gasteiger partial charge in [-0.3, -0.25) is 14.4 Å². The molecular formula is C25H31N3O7S2. The minimum absolute atomic E-state index is 0.0145. The van der Waals surface area contributed by atoms with Crippen LogP contribution in [0.1, 0.15) is 48.9 Å². The molecule has 2 aliphatic rings. The summed E-state index contributed by atoms with van der Waals surface area (Å²) in [4.78, 5) is 40.1. The molecule has 0 spiro atoms. The second-order valence-electron chi connectivity index (χ2n) is 9.26. The third kappa shape index (κ3) is 5.97. The molecule has 1 aliphatic carbocycles. The lowest BCUT2D eigenvalue weighted by atomic mass is 9.82. The van der Waals surface area contributed by atoms with Crippen molar-refractivity contribution in [2.24, 2.45) is 5.92 Å². The number of methoxy groups -OCH3 is 1. The molecule has 10 nitrogen and oxygen atoms in total. The van der Waals surface area contributed by atoms with Crippen LogP contribution in [0.5, 0.6) is 5.75 Å². The molecule has 200 valence electrons. The van der Waals surface area contributed by atoms with Gasteiger partial charge >= 0.3 is 5.97 Å². The number of hydrogen-bond donors (Lipinski definition) is 2. The maximum Gasteiger partial charge on any atom is 0.305 e. The lowest BCUT2D eigenvalue weighted by molar-refractivity contribution is -0.138. The van der Waals surface area contributed by atoms with Gasteiger partial charge in [0.1, 0.15) is 9.96 Å². The summed E-state index contributed by atoms with van der Waals surface area (Å²) in [6.45, 7) is -0.0478. The number of sulfonamides is 1. The maximum absolute atomic E-state index is 13.7. The third-order valence-electron chi connectivity index (χ3n) is 6.96. The zero-order valence-electron chi connectivity index (χ0n) is 20.5. The zero-order valence-corrected chi connectivity index (χ0v) is 22.2. The third-order valence-corrected chi connectivity index (χ3v) is 10.2. The number of benzene rings is 1. The van der Waals surface area contributed by atoms with E-state index in [4.69, 9.17) is 4.74 Å². The van der Waals surface area contributed by atoms with Crippen LogP contribution in [-0.4, -0.2) is 72.9 Å². The molecule has 0 radical (unpaired) electrons. The fourth-order valence-electron chi connectivity index (χ4n) is 5.09. The minimum Gasteiger partial charge on any atom is -0.497 e. The second-order valence-corrected chi connectivity index (χ2v) is 12.3. The summed E-state index contributed by atoms with van der Waals surface area (Å²) in [5.41, 5.74) is 0.281. The van der Waals surface area contributed by atoms with Gasteiger partial charge in [-0.05, 0) is 54.5 Å². The van der Waals surface area contributed by atoms with Gasteiger partial charge in [0.15, 0.2) is 6.17 Å².